The quantitative estimate of drug-likeness (QED) is 0.272. The Balaban J connectivity index is 2.54. The molecule has 1 aromatic carbocycles. The third kappa shape index (κ3) is 8.72. The summed E-state index contributed by atoms with van der Waals surface area (Å²) in [7, 11) is 1.36. The van der Waals surface area contributed by atoms with Crippen LogP contribution in [0.3, 0.4) is 0 Å². The molecule has 0 radical (unpaired) electrons. The minimum absolute atomic E-state index is 0.000718. The van der Waals surface area contributed by atoms with Crippen LogP contribution in [0.15, 0.2) is 23.8 Å². The molecule has 37 heavy (non-hydrogen) atoms. The minimum atomic E-state index is -4.75. The number of aliphatic hydroxyl groups excluding tert-OH is 3. The molecule has 208 valence electrons. The highest BCUT2D eigenvalue weighted by atomic mass is 127. The van der Waals surface area contributed by atoms with Crippen LogP contribution in [-0.2, 0) is 16.2 Å². The van der Waals surface area contributed by atoms with Crippen LogP contribution in [0.1, 0.15) is 32.3 Å². The van der Waals surface area contributed by atoms with E-state index in [4.69, 9.17) is 14.6 Å². The Labute approximate surface area is 226 Å². The monoisotopic (exact) mass is 644 g/mol. The van der Waals surface area contributed by atoms with Crippen molar-refractivity contribution in [3.8, 4) is 11.5 Å². The van der Waals surface area contributed by atoms with E-state index in [9.17, 15) is 33.0 Å². The van der Waals surface area contributed by atoms with Gasteiger partial charge in [0.15, 0.2) is 11.5 Å². The minimum Gasteiger partial charge on any atom is -0.493 e. The van der Waals surface area contributed by atoms with Crippen molar-refractivity contribution in [1.82, 2.24) is 10.2 Å². The lowest BCUT2D eigenvalue weighted by Gasteiger charge is -2.41. The van der Waals surface area contributed by atoms with Crippen LogP contribution in [0.5, 0.6) is 11.5 Å². The Morgan fingerprint density at radius 3 is 2.49 bits per heavy atom. The van der Waals surface area contributed by atoms with Crippen molar-refractivity contribution in [3.05, 3.63) is 32.9 Å². The number of alkyl halides is 3. The highest BCUT2D eigenvalue weighted by Gasteiger charge is 2.44. The maximum atomic E-state index is 13.5. The number of nitrogens with one attached hydrogen (secondary N) is 1. The Hall–Kier alpha value is -2.10. The van der Waals surface area contributed by atoms with E-state index in [1.54, 1.807) is 19.9 Å². The normalized spacial score (nSPS) is 19.9. The number of rotatable bonds is 11. The zero-order valence-electron chi connectivity index (χ0n) is 20.7. The second-order valence-corrected chi connectivity index (χ2v) is 10.2. The molecule has 13 heteroatoms. The van der Waals surface area contributed by atoms with Crippen LogP contribution in [-0.4, -0.2) is 83.3 Å². The van der Waals surface area contributed by atoms with Crippen LogP contribution in [0, 0.1) is 9.49 Å². The van der Waals surface area contributed by atoms with E-state index in [0.717, 1.165) is 0 Å². The molecule has 2 rings (SSSR count). The molecule has 0 saturated carbocycles. The van der Waals surface area contributed by atoms with E-state index >= 15 is 0 Å². The fourth-order valence-corrected chi connectivity index (χ4v) is 4.74. The fourth-order valence-electron chi connectivity index (χ4n) is 3.94. The Kier molecular flexibility index (Phi) is 11.5. The van der Waals surface area contributed by atoms with Crippen molar-refractivity contribution in [2.24, 2.45) is 5.92 Å². The number of halogens is 4. The number of nitrogens with zero attached hydrogens (tertiary/aromatic N) is 1. The van der Waals surface area contributed by atoms with Crippen molar-refractivity contribution in [2.75, 3.05) is 26.8 Å². The standard InChI is InChI=1S/C24H32F3IN2O7/c1-13(2)6-20(33)30(12-24(25,26)27)17-9-15(23(35)29-4-5-31)10-18(21(17)34)37-22-16(28)7-14(11-32)8-19(22)36-3/h7-8,10,13,17-18,21,31-32,34H,4-6,9,11-12H2,1-3H3,(H,29,35)/t17-,18+,21+/m1/s1. The SMILES string of the molecule is COc1cc(CO)cc(I)c1O[C@H]1C=C(C(=O)NCCO)C[C@@H](N(CC(F)(F)F)C(=O)CC(C)C)[C@@H]1O. The number of methoxy groups -OCH3 is 1. The smallest absolute Gasteiger partial charge is 0.406 e. The van der Waals surface area contributed by atoms with Gasteiger partial charge in [-0.1, -0.05) is 13.8 Å². The molecule has 0 heterocycles. The van der Waals surface area contributed by atoms with E-state index in [0.29, 0.717) is 14.0 Å². The summed E-state index contributed by atoms with van der Waals surface area (Å²) in [6, 6.07) is 1.69. The lowest BCUT2D eigenvalue weighted by atomic mass is 9.87. The van der Waals surface area contributed by atoms with Gasteiger partial charge in [-0.2, -0.15) is 13.2 Å². The summed E-state index contributed by atoms with van der Waals surface area (Å²) in [6.45, 7) is 1.03. The Morgan fingerprint density at radius 2 is 1.95 bits per heavy atom. The van der Waals surface area contributed by atoms with Crippen molar-refractivity contribution >= 4 is 34.4 Å². The Bertz CT molecular complexity index is 988. The zero-order chi connectivity index (χ0) is 27.9. The second-order valence-electron chi connectivity index (χ2n) is 9.02. The summed E-state index contributed by atoms with van der Waals surface area (Å²) in [5.41, 5.74) is 0.519. The van der Waals surface area contributed by atoms with Gasteiger partial charge in [0.2, 0.25) is 11.8 Å². The van der Waals surface area contributed by atoms with E-state index < -0.39 is 42.8 Å². The predicted molar refractivity (Wildman–Crippen MR) is 136 cm³/mol. The molecule has 1 aliphatic carbocycles. The lowest BCUT2D eigenvalue weighted by molar-refractivity contribution is -0.173. The van der Waals surface area contributed by atoms with Gasteiger partial charge < -0.3 is 35.0 Å². The molecule has 0 aromatic heterocycles. The highest BCUT2D eigenvalue weighted by molar-refractivity contribution is 14.1. The van der Waals surface area contributed by atoms with Crippen LogP contribution >= 0.6 is 22.6 Å². The summed E-state index contributed by atoms with van der Waals surface area (Å²) >= 11 is 1.92. The third-order valence-corrected chi connectivity index (χ3v) is 6.39. The van der Waals surface area contributed by atoms with Gasteiger partial charge in [-0.3, -0.25) is 9.59 Å². The number of aliphatic hydroxyl groups is 3. The first-order valence-corrected chi connectivity index (χ1v) is 12.7. The van der Waals surface area contributed by atoms with E-state index in [1.807, 2.05) is 22.6 Å². The van der Waals surface area contributed by atoms with Gasteiger partial charge >= 0.3 is 6.18 Å². The average molecular weight is 644 g/mol. The van der Waals surface area contributed by atoms with E-state index in [-0.39, 0.29) is 55.6 Å². The zero-order valence-corrected chi connectivity index (χ0v) is 22.9. The first-order chi connectivity index (χ1) is 17.3. The summed E-state index contributed by atoms with van der Waals surface area (Å²) in [6.07, 6.45) is -6.93. The first kappa shape index (κ1) is 31.1. The molecule has 1 aromatic rings. The molecule has 2 amide bonds. The van der Waals surface area contributed by atoms with Crippen LogP contribution in [0.25, 0.3) is 0 Å². The maximum absolute atomic E-state index is 13.5. The first-order valence-electron chi connectivity index (χ1n) is 11.6. The van der Waals surface area contributed by atoms with Gasteiger partial charge in [-0.25, -0.2) is 0 Å². The molecule has 0 unspecified atom stereocenters. The van der Waals surface area contributed by atoms with Gasteiger partial charge in [0.25, 0.3) is 0 Å². The van der Waals surface area contributed by atoms with Gasteiger partial charge in [-0.15, -0.1) is 0 Å². The highest BCUT2D eigenvalue weighted by Crippen LogP contribution is 2.37. The molecule has 0 saturated heterocycles. The molecule has 4 N–H and O–H groups in total. The van der Waals surface area contributed by atoms with Crippen molar-refractivity contribution < 1.29 is 47.6 Å². The lowest BCUT2D eigenvalue weighted by Crippen LogP contribution is -2.57. The van der Waals surface area contributed by atoms with Gasteiger partial charge in [0.05, 0.1) is 29.9 Å². The molecular weight excluding hydrogens is 612 g/mol. The molecule has 0 aliphatic heterocycles. The molecule has 0 bridgehead atoms. The predicted octanol–water partition coefficient (Wildman–Crippen LogP) is 2.14. The van der Waals surface area contributed by atoms with Crippen molar-refractivity contribution in [3.63, 3.8) is 0 Å². The van der Waals surface area contributed by atoms with Gasteiger partial charge in [-0.05, 0) is 52.3 Å². The van der Waals surface area contributed by atoms with Crippen molar-refractivity contribution in [1.29, 1.82) is 0 Å². The molecule has 0 fully saturated rings. The van der Waals surface area contributed by atoms with Gasteiger partial charge in [0, 0.05) is 25.0 Å². The Morgan fingerprint density at radius 1 is 1.27 bits per heavy atom. The molecule has 1 aliphatic rings. The fraction of sp³-hybridized carbons (Fsp3) is 0.583. The summed E-state index contributed by atoms with van der Waals surface area (Å²) in [5, 5.41) is 32.1. The number of ether oxygens (including phenoxy) is 2. The number of carbonyl (C=O) groups is 2. The van der Waals surface area contributed by atoms with E-state index in [2.05, 4.69) is 5.32 Å². The average Bonchev–Trinajstić information content (AvgIpc) is 2.82. The molecule has 3 atom stereocenters. The third-order valence-electron chi connectivity index (χ3n) is 5.59. The van der Waals surface area contributed by atoms with Crippen LogP contribution in [0.4, 0.5) is 13.2 Å². The topological polar surface area (TPSA) is 129 Å². The number of amides is 2. The number of carbonyl (C=O) groups excluding carboxylic acids is 2. The summed E-state index contributed by atoms with van der Waals surface area (Å²) in [4.78, 5) is 26.2. The number of benzene rings is 1. The largest absolute Gasteiger partial charge is 0.493 e. The van der Waals surface area contributed by atoms with Crippen LogP contribution in [0.2, 0.25) is 0 Å². The van der Waals surface area contributed by atoms with Gasteiger partial charge in [0.1, 0.15) is 18.8 Å². The summed E-state index contributed by atoms with van der Waals surface area (Å²) in [5.74, 6) is -1.37. The second kappa shape index (κ2) is 13.6. The maximum Gasteiger partial charge on any atom is 0.406 e. The molecule has 9 nitrogen and oxygen atoms in total. The summed E-state index contributed by atoms with van der Waals surface area (Å²) < 4.78 is 52.3. The van der Waals surface area contributed by atoms with Crippen LogP contribution < -0.4 is 14.8 Å². The number of hydrogen-bond donors (Lipinski definition) is 4. The van der Waals surface area contributed by atoms with E-state index in [1.165, 1.54) is 19.3 Å². The number of hydrogen-bond acceptors (Lipinski definition) is 7. The molecular formula is C24H32F3IN2O7. The molecule has 0 spiro atoms. The van der Waals surface area contributed by atoms with Crippen molar-refractivity contribution in [2.45, 2.75) is 57.7 Å².